The van der Waals surface area contributed by atoms with E-state index in [4.69, 9.17) is 4.74 Å². The van der Waals surface area contributed by atoms with Gasteiger partial charge in [-0.15, -0.1) is 0 Å². The van der Waals surface area contributed by atoms with Crippen LogP contribution >= 0.6 is 0 Å². The van der Waals surface area contributed by atoms with E-state index in [0.717, 1.165) is 59.6 Å². The fourth-order valence-electron chi connectivity index (χ4n) is 4.17. The Morgan fingerprint density at radius 3 is 2.58 bits per heavy atom. The van der Waals surface area contributed by atoms with Crippen molar-refractivity contribution in [2.45, 2.75) is 6.92 Å². The molecule has 0 spiro atoms. The number of ether oxygens (including phenoxy) is 1. The van der Waals surface area contributed by atoms with Crippen LogP contribution in [0.5, 0.6) is 0 Å². The first-order valence-corrected chi connectivity index (χ1v) is 10.3. The van der Waals surface area contributed by atoms with Gasteiger partial charge in [0.1, 0.15) is 17.7 Å². The molecule has 1 aliphatic heterocycles. The fourth-order valence-corrected chi connectivity index (χ4v) is 4.17. The van der Waals surface area contributed by atoms with Crippen molar-refractivity contribution in [1.82, 2.24) is 24.7 Å². The molecule has 1 fully saturated rings. The topological polar surface area (TPSA) is 89.3 Å². The number of benzene rings is 1. The van der Waals surface area contributed by atoms with E-state index < -0.39 is 0 Å². The van der Waals surface area contributed by atoms with E-state index in [1.807, 2.05) is 44.4 Å². The second kappa shape index (κ2) is 7.82. The molecular formula is C22H23N7O2. The minimum Gasteiger partial charge on any atom is -0.462 e. The molecule has 4 heterocycles. The van der Waals surface area contributed by atoms with Gasteiger partial charge in [0.15, 0.2) is 5.65 Å². The predicted octanol–water partition coefficient (Wildman–Crippen LogP) is 2.41. The van der Waals surface area contributed by atoms with Crippen LogP contribution in [0.2, 0.25) is 0 Å². The third-order valence-corrected chi connectivity index (χ3v) is 5.65. The number of carbonyl (C=O) groups excluding carboxylic acids is 1. The molecule has 4 aromatic rings. The zero-order chi connectivity index (χ0) is 21.4. The molecule has 1 saturated heterocycles. The number of hydrogen-bond donors (Lipinski definition) is 0. The molecule has 0 bridgehead atoms. The zero-order valence-electron chi connectivity index (χ0n) is 17.5. The number of aryl methyl sites for hydroxylation is 1. The Kier molecular flexibility index (Phi) is 4.85. The molecule has 1 aromatic carbocycles. The molecule has 9 heteroatoms. The Bertz CT molecular complexity index is 1260. The van der Waals surface area contributed by atoms with Gasteiger partial charge in [0.25, 0.3) is 0 Å². The van der Waals surface area contributed by atoms with Crippen LogP contribution in [0.25, 0.3) is 21.9 Å². The summed E-state index contributed by atoms with van der Waals surface area (Å²) in [6.07, 6.45) is 5.03. The van der Waals surface area contributed by atoms with E-state index >= 15 is 0 Å². The largest absolute Gasteiger partial charge is 0.462 e. The molecule has 5 rings (SSSR count). The normalized spacial score (nSPS) is 14.4. The summed E-state index contributed by atoms with van der Waals surface area (Å²) in [5, 5.41) is 6.22. The lowest BCUT2D eigenvalue weighted by molar-refractivity contribution is 0.0527. The third kappa shape index (κ3) is 3.31. The van der Waals surface area contributed by atoms with Crippen LogP contribution in [0.15, 0.2) is 43.0 Å². The monoisotopic (exact) mass is 417 g/mol. The third-order valence-electron chi connectivity index (χ3n) is 5.65. The predicted molar refractivity (Wildman–Crippen MR) is 118 cm³/mol. The van der Waals surface area contributed by atoms with Crippen molar-refractivity contribution in [3.05, 3.63) is 48.5 Å². The van der Waals surface area contributed by atoms with Gasteiger partial charge in [-0.2, -0.15) is 5.10 Å². The van der Waals surface area contributed by atoms with Gasteiger partial charge in [-0.05, 0) is 13.0 Å². The first kappa shape index (κ1) is 19.2. The minimum absolute atomic E-state index is 0.327. The number of hydrogen-bond acceptors (Lipinski definition) is 8. The maximum Gasteiger partial charge on any atom is 0.341 e. The van der Waals surface area contributed by atoms with Crippen LogP contribution < -0.4 is 9.80 Å². The van der Waals surface area contributed by atoms with E-state index in [0.29, 0.717) is 12.2 Å². The van der Waals surface area contributed by atoms with Gasteiger partial charge in [0.05, 0.1) is 29.4 Å². The van der Waals surface area contributed by atoms with Crippen molar-refractivity contribution in [3.8, 4) is 0 Å². The van der Waals surface area contributed by atoms with Gasteiger partial charge in [0.2, 0.25) is 0 Å². The number of anilines is 2. The first-order chi connectivity index (χ1) is 15.2. The van der Waals surface area contributed by atoms with Crippen LogP contribution in [0.1, 0.15) is 17.3 Å². The van der Waals surface area contributed by atoms with E-state index in [9.17, 15) is 4.79 Å². The summed E-state index contributed by atoms with van der Waals surface area (Å²) < 4.78 is 7.06. The second-order valence-electron chi connectivity index (χ2n) is 7.43. The van der Waals surface area contributed by atoms with Gasteiger partial charge in [0, 0.05) is 44.8 Å². The SMILES string of the molecule is CCOC(=O)c1cnc2ccccc2c1N1CCN(c2ncnc3c2cnn3C)CC1. The Balaban J connectivity index is 1.47. The standard InChI is InChI=1S/C22H23N7O2/c1-3-31-22(30)16-12-23-18-7-5-4-6-15(18)19(16)28-8-10-29(11-9-28)21-17-13-26-27(2)20(17)24-14-25-21/h4-7,12-14H,3,8-11H2,1-2H3. The summed E-state index contributed by atoms with van der Waals surface area (Å²) in [5.41, 5.74) is 3.07. The molecule has 0 unspecified atom stereocenters. The summed E-state index contributed by atoms with van der Waals surface area (Å²) in [7, 11) is 1.88. The Morgan fingerprint density at radius 2 is 1.77 bits per heavy atom. The second-order valence-corrected chi connectivity index (χ2v) is 7.43. The van der Waals surface area contributed by atoms with Crippen molar-refractivity contribution in [2.75, 3.05) is 42.6 Å². The first-order valence-electron chi connectivity index (χ1n) is 10.3. The lowest BCUT2D eigenvalue weighted by Gasteiger charge is -2.37. The van der Waals surface area contributed by atoms with Crippen molar-refractivity contribution in [3.63, 3.8) is 0 Å². The summed E-state index contributed by atoms with van der Waals surface area (Å²) in [6.45, 7) is 5.15. The highest BCUT2D eigenvalue weighted by atomic mass is 16.5. The summed E-state index contributed by atoms with van der Waals surface area (Å²) >= 11 is 0. The Labute approximate surface area is 179 Å². The van der Waals surface area contributed by atoms with E-state index in [1.165, 1.54) is 0 Å². The number of aromatic nitrogens is 5. The van der Waals surface area contributed by atoms with Crippen LogP contribution in [-0.2, 0) is 11.8 Å². The lowest BCUT2D eigenvalue weighted by atomic mass is 10.1. The molecule has 0 aliphatic carbocycles. The van der Waals surface area contributed by atoms with Gasteiger partial charge >= 0.3 is 5.97 Å². The number of esters is 1. The molecule has 0 saturated carbocycles. The average Bonchev–Trinajstić information content (AvgIpc) is 3.19. The number of carbonyl (C=O) groups is 1. The average molecular weight is 417 g/mol. The molecule has 31 heavy (non-hydrogen) atoms. The molecule has 3 aromatic heterocycles. The van der Waals surface area contributed by atoms with Crippen molar-refractivity contribution in [2.24, 2.45) is 7.05 Å². The maximum absolute atomic E-state index is 12.7. The Morgan fingerprint density at radius 1 is 1.00 bits per heavy atom. The number of pyridine rings is 1. The quantitative estimate of drug-likeness (QED) is 0.468. The van der Waals surface area contributed by atoms with Crippen molar-refractivity contribution < 1.29 is 9.53 Å². The fraction of sp³-hybridized carbons (Fsp3) is 0.318. The van der Waals surface area contributed by atoms with Crippen LogP contribution in [0.3, 0.4) is 0 Å². The lowest BCUT2D eigenvalue weighted by Crippen LogP contribution is -2.47. The highest BCUT2D eigenvalue weighted by molar-refractivity contribution is 6.05. The van der Waals surface area contributed by atoms with Crippen LogP contribution in [0.4, 0.5) is 11.5 Å². The molecule has 0 radical (unpaired) electrons. The summed E-state index contributed by atoms with van der Waals surface area (Å²) in [6, 6.07) is 7.90. The molecule has 0 N–H and O–H groups in total. The number of nitrogens with zero attached hydrogens (tertiary/aromatic N) is 7. The van der Waals surface area contributed by atoms with Gasteiger partial charge < -0.3 is 14.5 Å². The van der Waals surface area contributed by atoms with Crippen molar-refractivity contribution >= 4 is 39.4 Å². The van der Waals surface area contributed by atoms with Gasteiger partial charge in [-0.1, -0.05) is 18.2 Å². The zero-order valence-corrected chi connectivity index (χ0v) is 17.5. The molecule has 0 amide bonds. The molecule has 9 nitrogen and oxygen atoms in total. The smallest absolute Gasteiger partial charge is 0.341 e. The molecule has 1 aliphatic rings. The van der Waals surface area contributed by atoms with Gasteiger partial charge in [-0.25, -0.2) is 14.8 Å². The van der Waals surface area contributed by atoms with Crippen LogP contribution in [0, 0.1) is 0 Å². The molecular weight excluding hydrogens is 394 g/mol. The van der Waals surface area contributed by atoms with E-state index in [2.05, 4.69) is 29.9 Å². The summed E-state index contributed by atoms with van der Waals surface area (Å²) in [4.78, 5) is 30.5. The van der Waals surface area contributed by atoms with Crippen LogP contribution in [-0.4, -0.2) is 63.5 Å². The highest BCUT2D eigenvalue weighted by Gasteiger charge is 2.26. The Hall–Kier alpha value is -3.75. The minimum atomic E-state index is -0.342. The van der Waals surface area contributed by atoms with E-state index in [-0.39, 0.29) is 5.97 Å². The van der Waals surface area contributed by atoms with Crippen molar-refractivity contribution in [1.29, 1.82) is 0 Å². The number of rotatable bonds is 4. The maximum atomic E-state index is 12.7. The number of para-hydroxylation sites is 1. The highest BCUT2D eigenvalue weighted by Crippen LogP contribution is 2.32. The number of fused-ring (bicyclic) bond motifs is 2. The number of piperazine rings is 1. The summed E-state index contributed by atoms with van der Waals surface area (Å²) in [5.74, 6) is 0.550. The van der Waals surface area contributed by atoms with Gasteiger partial charge in [-0.3, -0.25) is 9.67 Å². The molecule has 0 atom stereocenters. The molecule has 158 valence electrons. The van der Waals surface area contributed by atoms with E-state index in [1.54, 1.807) is 17.2 Å².